The van der Waals surface area contributed by atoms with Gasteiger partial charge in [-0.15, -0.1) is 5.10 Å². The summed E-state index contributed by atoms with van der Waals surface area (Å²) in [5, 5.41) is 8.30. The zero-order valence-corrected chi connectivity index (χ0v) is 18.1. The van der Waals surface area contributed by atoms with E-state index < -0.39 is 10.0 Å². The largest absolute Gasteiger partial charge is 0.324 e. The van der Waals surface area contributed by atoms with E-state index in [0.717, 1.165) is 35.2 Å². The molecule has 0 spiro atoms. The Hall–Kier alpha value is -2.42. The van der Waals surface area contributed by atoms with Crippen LogP contribution in [0.25, 0.3) is 11.4 Å². The minimum absolute atomic E-state index is 0.164. The lowest BCUT2D eigenvalue weighted by Gasteiger charge is -2.28. The Morgan fingerprint density at radius 2 is 1.87 bits per heavy atom. The van der Waals surface area contributed by atoms with Crippen LogP contribution in [0.1, 0.15) is 24.0 Å². The number of halogens is 1. The number of benzene rings is 2. The van der Waals surface area contributed by atoms with E-state index in [-0.39, 0.29) is 5.25 Å². The summed E-state index contributed by atoms with van der Waals surface area (Å²) < 4.78 is 28.4. The Morgan fingerprint density at radius 3 is 2.60 bits per heavy atom. The molecule has 156 valence electrons. The van der Waals surface area contributed by atoms with Gasteiger partial charge in [0.25, 0.3) is 0 Å². The molecule has 1 aliphatic carbocycles. The minimum Gasteiger partial charge on any atom is -0.324 e. The minimum atomic E-state index is -3.14. The summed E-state index contributed by atoms with van der Waals surface area (Å²) in [6, 6.07) is 13.5. The number of nitrogens with one attached hydrogen (secondary N) is 1. The van der Waals surface area contributed by atoms with Gasteiger partial charge < -0.3 is 5.32 Å². The normalized spacial score (nSPS) is 17.0. The van der Waals surface area contributed by atoms with Crippen molar-refractivity contribution in [2.24, 2.45) is 7.05 Å². The number of fused-ring (bicyclic) bond motifs is 1. The Bertz CT molecular complexity index is 1200. The zero-order chi connectivity index (χ0) is 20.9. The van der Waals surface area contributed by atoms with Gasteiger partial charge in [0, 0.05) is 36.4 Å². The van der Waals surface area contributed by atoms with Crippen molar-refractivity contribution < 1.29 is 8.42 Å². The number of hydrogen-bond acceptors (Lipinski definition) is 5. The first kappa shape index (κ1) is 19.5. The smallest absolute Gasteiger partial charge is 0.225 e. The summed E-state index contributed by atoms with van der Waals surface area (Å²) in [7, 11) is -1.30. The van der Waals surface area contributed by atoms with Gasteiger partial charge in [-0.3, -0.25) is 0 Å². The fraction of sp³-hybridized carbons (Fsp3) is 0.333. The monoisotopic (exact) mass is 443 g/mol. The molecule has 2 aromatic carbocycles. The zero-order valence-electron chi connectivity index (χ0n) is 16.5. The van der Waals surface area contributed by atoms with E-state index in [0.29, 0.717) is 36.3 Å². The lowest BCUT2D eigenvalue weighted by Crippen LogP contribution is -2.37. The molecule has 2 heterocycles. The number of rotatable bonds is 5. The van der Waals surface area contributed by atoms with Crippen molar-refractivity contribution in [1.82, 2.24) is 19.1 Å². The van der Waals surface area contributed by atoms with Crippen molar-refractivity contribution in [2.45, 2.75) is 31.1 Å². The van der Waals surface area contributed by atoms with Gasteiger partial charge in [0.15, 0.2) is 5.82 Å². The molecular weight excluding hydrogens is 422 g/mol. The number of anilines is 2. The second-order valence-electron chi connectivity index (χ2n) is 7.83. The van der Waals surface area contributed by atoms with Crippen LogP contribution in [0.2, 0.25) is 5.02 Å². The highest BCUT2D eigenvalue weighted by Crippen LogP contribution is 2.34. The molecule has 3 aromatic rings. The van der Waals surface area contributed by atoms with Gasteiger partial charge in [-0.1, -0.05) is 23.7 Å². The van der Waals surface area contributed by atoms with E-state index in [1.54, 1.807) is 8.99 Å². The molecule has 0 amide bonds. The van der Waals surface area contributed by atoms with Crippen LogP contribution in [0.4, 0.5) is 11.6 Å². The summed E-state index contributed by atoms with van der Waals surface area (Å²) >= 11 is 5.94. The maximum absolute atomic E-state index is 12.5. The molecule has 0 atom stereocenters. The van der Waals surface area contributed by atoms with E-state index in [1.807, 2.05) is 43.4 Å². The lowest BCUT2D eigenvalue weighted by molar-refractivity contribution is 0.390. The van der Waals surface area contributed by atoms with E-state index in [9.17, 15) is 8.42 Å². The number of nitrogens with zero attached hydrogens (tertiary/aromatic N) is 4. The summed E-state index contributed by atoms with van der Waals surface area (Å²) in [6.45, 7) is 0.988. The highest BCUT2D eigenvalue weighted by Gasteiger charge is 2.40. The molecule has 0 unspecified atom stereocenters. The first-order chi connectivity index (χ1) is 14.4. The quantitative estimate of drug-likeness (QED) is 0.649. The van der Waals surface area contributed by atoms with Crippen molar-refractivity contribution in [3.63, 3.8) is 0 Å². The third-order valence-electron chi connectivity index (χ3n) is 5.61. The second kappa shape index (κ2) is 7.37. The van der Waals surface area contributed by atoms with Crippen LogP contribution in [-0.4, -0.2) is 39.3 Å². The van der Waals surface area contributed by atoms with Crippen LogP contribution in [0.15, 0.2) is 42.5 Å². The Balaban J connectivity index is 1.37. The van der Waals surface area contributed by atoms with Crippen LogP contribution < -0.4 is 5.32 Å². The van der Waals surface area contributed by atoms with Crippen molar-refractivity contribution in [1.29, 1.82) is 0 Å². The number of sulfonamides is 1. The topological polar surface area (TPSA) is 80.1 Å². The molecule has 9 heteroatoms. The molecule has 5 rings (SSSR count). The Kier molecular flexibility index (Phi) is 4.80. The molecular formula is C21H22ClN5O2S. The summed E-state index contributed by atoms with van der Waals surface area (Å²) in [5.74, 6) is 1.26. The first-order valence-electron chi connectivity index (χ1n) is 9.95. The molecule has 1 saturated carbocycles. The lowest BCUT2D eigenvalue weighted by atomic mass is 9.98. The molecule has 1 aliphatic heterocycles. The molecule has 2 aliphatic rings. The van der Waals surface area contributed by atoms with Crippen molar-refractivity contribution in [3.8, 4) is 11.4 Å². The fourth-order valence-electron chi connectivity index (χ4n) is 3.74. The van der Waals surface area contributed by atoms with Crippen LogP contribution in [0.5, 0.6) is 0 Å². The predicted molar refractivity (Wildman–Crippen MR) is 117 cm³/mol. The fourth-order valence-corrected chi connectivity index (χ4v) is 5.68. The van der Waals surface area contributed by atoms with Crippen LogP contribution in [-0.2, 0) is 30.0 Å². The molecule has 1 aromatic heterocycles. The molecule has 30 heavy (non-hydrogen) atoms. The van der Waals surface area contributed by atoms with Crippen LogP contribution in [0.3, 0.4) is 0 Å². The van der Waals surface area contributed by atoms with E-state index in [1.165, 1.54) is 0 Å². The Labute approximate surface area is 180 Å². The van der Waals surface area contributed by atoms with Crippen molar-refractivity contribution in [3.05, 3.63) is 58.6 Å². The van der Waals surface area contributed by atoms with Crippen LogP contribution >= 0.6 is 11.6 Å². The highest BCUT2D eigenvalue weighted by molar-refractivity contribution is 7.90. The third-order valence-corrected chi connectivity index (χ3v) is 8.21. The summed E-state index contributed by atoms with van der Waals surface area (Å²) in [4.78, 5) is 4.63. The van der Waals surface area contributed by atoms with Crippen molar-refractivity contribution >= 4 is 33.3 Å². The number of aryl methyl sites for hydroxylation is 1. The Morgan fingerprint density at radius 1 is 1.10 bits per heavy atom. The van der Waals surface area contributed by atoms with Gasteiger partial charge in [0.1, 0.15) is 0 Å². The van der Waals surface area contributed by atoms with E-state index in [2.05, 4.69) is 21.5 Å². The average molecular weight is 444 g/mol. The van der Waals surface area contributed by atoms with Gasteiger partial charge in [-0.2, -0.15) is 9.29 Å². The van der Waals surface area contributed by atoms with Gasteiger partial charge in [-0.25, -0.2) is 13.1 Å². The van der Waals surface area contributed by atoms with Crippen molar-refractivity contribution in [2.75, 3.05) is 11.9 Å². The summed E-state index contributed by atoms with van der Waals surface area (Å²) in [5.41, 5.74) is 4.02. The maximum Gasteiger partial charge on any atom is 0.225 e. The standard InChI is InChI=1S/C21H22ClN5O2S/c1-26-21(23-18-6-4-17(22)5-7-18)24-20(25-26)15-2-3-16-13-27(11-10-14(16)12-15)30(28,29)19-8-9-19/h2-7,12,19H,8-11,13H2,1H3,(H,23,24,25). The predicted octanol–water partition coefficient (Wildman–Crippen LogP) is 3.73. The van der Waals surface area contributed by atoms with Gasteiger partial charge in [0.2, 0.25) is 16.0 Å². The van der Waals surface area contributed by atoms with Gasteiger partial charge in [-0.05, 0) is 60.7 Å². The highest BCUT2D eigenvalue weighted by atomic mass is 35.5. The molecule has 1 fully saturated rings. The molecule has 1 N–H and O–H groups in total. The number of hydrogen-bond donors (Lipinski definition) is 1. The first-order valence-corrected chi connectivity index (χ1v) is 11.8. The van der Waals surface area contributed by atoms with Gasteiger partial charge >= 0.3 is 0 Å². The maximum atomic E-state index is 12.5. The number of aromatic nitrogens is 3. The third kappa shape index (κ3) is 3.71. The van der Waals surface area contributed by atoms with E-state index in [4.69, 9.17) is 11.6 Å². The molecule has 0 saturated heterocycles. The molecule has 7 nitrogen and oxygen atoms in total. The van der Waals surface area contributed by atoms with E-state index >= 15 is 0 Å². The molecule has 0 bridgehead atoms. The molecule has 0 radical (unpaired) electrons. The van der Waals surface area contributed by atoms with Gasteiger partial charge in [0.05, 0.1) is 5.25 Å². The average Bonchev–Trinajstić information content (AvgIpc) is 3.54. The SMILES string of the molecule is Cn1nc(-c2ccc3c(c2)CCN(S(=O)(=O)C2CC2)C3)nc1Nc1ccc(Cl)cc1. The summed E-state index contributed by atoms with van der Waals surface area (Å²) in [6.07, 6.45) is 2.29. The van der Waals surface area contributed by atoms with Crippen LogP contribution in [0, 0.1) is 0 Å². The second-order valence-corrected chi connectivity index (χ2v) is 10.5.